The van der Waals surface area contributed by atoms with Gasteiger partial charge in [0.15, 0.2) is 11.2 Å². The highest BCUT2D eigenvalue weighted by Crippen LogP contribution is 2.35. The molecule has 0 bridgehead atoms. The Morgan fingerprint density at radius 3 is 2.25 bits per heavy atom. The molecular weight excluding hydrogens is 447 g/mol. The molecule has 1 unspecified atom stereocenters. The first-order chi connectivity index (χ1) is 13.2. The molecule has 0 heterocycles. The number of ether oxygens (including phenoxy) is 3. The van der Waals surface area contributed by atoms with E-state index in [1.165, 1.54) is 20.3 Å². The average Bonchev–Trinajstić information content (AvgIpc) is 2.64. The number of carbonyl (C=O) groups excluding carboxylic acids is 1. The lowest BCUT2D eigenvalue weighted by Crippen LogP contribution is -2.42. The van der Waals surface area contributed by atoms with Crippen molar-refractivity contribution in [3.05, 3.63) is 45.4 Å². The van der Waals surface area contributed by atoms with Gasteiger partial charge in [0.05, 0.1) is 30.0 Å². The molecule has 0 saturated heterocycles. The van der Waals surface area contributed by atoms with E-state index >= 15 is 0 Å². The van der Waals surface area contributed by atoms with Gasteiger partial charge in [-0.05, 0) is 37.3 Å². The number of amides is 1. The highest BCUT2D eigenvalue weighted by Gasteiger charge is 2.18. The van der Waals surface area contributed by atoms with Gasteiger partial charge < -0.3 is 19.5 Å². The number of methoxy groups -OCH3 is 2. The van der Waals surface area contributed by atoms with Crippen LogP contribution in [0.4, 0.5) is 5.69 Å². The Kier molecular flexibility index (Phi) is 8.00. The van der Waals surface area contributed by atoms with Gasteiger partial charge in [-0.2, -0.15) is 0 Å². The third kappa shape index (κ3) is 5.78. The third-order valence-corrected chi connectivity index (χ3v) is 4.56. The summed E-state index contributed by atoms with van der Waals surface area (Å²) in [5.74, 6) is 0.716. The molecule has 0 spiro atoms. The molecular formula is C18H17Cl3N2O4S. The predicted molar refractivity (Wildman–Crippen MR) is 115 cm³/mol. The number of carbonyl (C=O) groups is 1. The van der Waals surface area contributed by atoms with E-state index in [1.807, 2.05) is 0 Å². The topological polar surface area (TPSA) is 68.8 Å². The fourth-order valence-corrected chi connectivity index (χ4v) is 3.03. The fourth-order valence-electron chi connectivity index (χ4n) is 2.14. The summed E-state index contributed by atoms with van der Waals surface area (Å²) in [6.45, 7) is 1.56. The van der Waals surface area contributed by atoms with Crippen LogP contribution in [0, 0.1) is 0 Å². The van der Waals surface area contributed by atoms with Crippen molar-refractivity contribution in [1.82, 2.24) is 5.32 Å². The molecule has 6 nitrogen and oxygen atoms in total. The van der Waals surface area contributed by atoms with E-state index in [1.54, 1.807) is 31.2 Å². The monoisotopic (exact) mass is 462 g/mol. The van der Waals surface area contributed by atoms with Crippen molar-refractivity contribution in [3.63, 3.8) is 0 Å². The van der Waals surface area contributed by atoms with E-state index in [4.69, 9.17) is 61.2 Å². The Balaban J connectivity index is 2.03. The number of nitrogens with one attached hydrogen (secondary N) is 2. The van der Waals surface area contributed by atoms with Gasteiger partial charge in [-0.1, -0.05) is 34.8 Å². The number of hydrogen-bond donors (Lipinski definition) is 2. The predicted octanol–water partition coefficient (Wildman–Crippen LogP) is 4.94. The summed E-state index contributed by atoms with van der Waals surface area (Å²) in [5, 5.41) is 6.59. The summed E-state index contributed by atoms with van der Waals surface area (Å²) >= 11 is 23.2. The van der Waals surface area contributed by atoms with Crippen LogP contribution < -0.4 is 24.8 Å². The molecule has 0 aliphatic carbocycles. The zero-order chi connectivity index (χ0) is 20.8. The lowest BCUT2D eigenvalue weighted by Gasteiger charge is -2.18. The molecule has 1 atom stereocenters. The fraction of sp³-hybridized carbons (Fsp3) is 0.222. The van der Waals surface area contributed by atoms with Crippen LogP contribution in [-0.4, -0.2) is 31.3 Å². The van der Waals surface area contributed by atoms with Crippen molar-refractivity contribution in [1.29, 1.82) is 0 Å². The molecule has 28 heavy (non-hydrogen) atoms. The molecule has 10 heteroatoms. The zero-order valence-corrected chi connectivity index (χ0v) is 18.2. The minimum absolute atomic E-state index is 0.0466. The third-order valence-electron chi connectivity index (χ3n) is 3.53. The van der Waals surface area contributed by atoms with E-state index in [9.17, 15) is 4.79 Å². The smallest absolute Gasteiger partial charge is 0.266 e. The van der Waals surface area contributed by atoms with Gasteiger partial charge in [-0.15, -0.1) is 0 Å². The highest BCUT2D eigenvalue weighted by molar-refractivity contribution is 7.80. The Morgan fingerprint density at radius 1 is 1.00 bits per heavy atom. The Labute approximate surface area is 183 Å². The van der Waals surface area contributed by atoms with Gasteiger partial charge in [0, 0.05) is 17.2 Å². The number of rotatable bonds is 6. The summed E-state index contributed by atoms with van der Waals surface area (Å²) in [6, 6.07) is 7.89. The van der Waals surface area contributed by atoms with E-state index < -0.39 is 12.0 Å². The average molecular weight is 464 g/mol. The van der Waals surface area contributed by atoms with Crippen LogP contribution in [0.15, 0.2) is 30.3 Å². The summed E-state index contributed by atoms with van der Waals surface area (Å²) in [7, 11) is 2.97. The molecule has 0 aromatic heterocycles. The quantitative estimate of drug-likeness (QED) is 0.591. The van der Waals surface area contributed by atoms with Crippen molar-refractivity contribution in [2.75, 3.05) is 19.5 Å². The van der Waals surface area contributed by atoms with E-state index in [0.717, 1.165) is 0 Å². The number of hydrogen-bond acceptors (Lipinski definition) is 5. The molecule has 0 fully saturated rings. The van der Waals surface area contributed by atoms with E-state index in [-0.39, 0.29) is 5.11 Å². The molecule has 0 aliphatic rings. The van der Waals surface area contributed by atoms with Crippen molar-refractivity contribution in [2.24, 2.45) is 0 Å². The first-order valence-corrected chi connectivity index (χ1v) is 9.44. The highest BCUT2D eigenvalue weighted by atomic mass is 35.5. The summed E-state index contributed by atoms with van der Waals surface area (Å²) in [5.41, 5.74) is 0.475. The van der Waals surface area contributed by atoms with Gasteiger partial charge in [-0.25, -0.2) is 0 Å². The van der Waals surface area contributed by atoms with Crippen LogP contribution in [-0.2, 0) is 4.79 Å². The lowest BCUT2D eigenvalue weighted by molar-refractivity contribution is -0.125. The molecule has 2 N–H and O–H groups in total. The molecule has 2 aromatic rings. The zero-order valence-electron chi connectivity index (χ0n) is 15.1. The number of benzene rings is 2. The molecule has 1 amide bonds. The molecule has 0 aliphatic heterocycles. The maximum absolute atomic E-state index is 12.3. The van der Waals surface area contributed by atoms with Crippen molar-refractivity contribution in [2.45, 2.75) is 13.0 Å². The van der Waals surface area contributed by atoms with Gasteiger partial charge in [0.25, 0.3) is 5.91 Å². The second kappa shape index (κ2) is 10.0. The SMILES string of the molecule is COc1cc(NC(=S)NC(=O)C(C)Oc2ccc(Cl)cc2Cl)c(OC)cc1Cl. The minimum atomic E-state index is -0.861. The largest absolute Gasteiger partial charge is 0.495 e. The van der Waals surface area contributed by atoms with Crippen LogP contribution in [0.3, 0.4) is 0 Å². The molecule has 150 valence electrons. The lowest BCUT2D eigenvalue weighted by atomic mass is 10.2. The van der Waals surface area contributed by atoms with Crippen molar-refractivity contribution >= 4 is 63.7 Å². The van der Waals surface area contributed by atoms with E-state index in [0.29, 0.717) is 38.0 Å². The standard InChI is InChI=1S/C18H17Cl3N2O4S/c1-9(27-14-5-4-10(19)6-11(14)20)17(24)23-18(28)22-13-8-15(25-2)12(21)7-16(13)26-3/h4-9H,1-3H3,(H2,22,23,24,28). The van der Waals surface area contributed by atoms with Gasteiger partial charge in [0.2, 0.25) is 0 Å². The van der Waals surface area contributed by atoms with Crippen molar-refractivity contribution in [3.8, 4) is 17.2 Å². The van der Waals surface area contributed by atoms with Crippen LogP contribution in [0.2, 0.25) is 15.1 Å². The molecule has 0 radical (unpaired) electrons. The summed E-state index contributed by atoms with van der Waals surface area (Å²) in [6.07, 6.45) is -0.861. The van der Waals surface area contributed by atoms with Gasteiger partial charge in [0.1, 0.15) is 17.2 Å². The number of thiocarbonyl (C=S) groups is 1. The number of halogens is 3. The number of anilines is 1. The van der Waals surface area contributed by atoms with Gasteiger partial charge >= 0.3 is 0 Å². The Hall–Kier alpha value is -1.93. The summed E-state index contributed by atoms with van der Waals surface area (Å²) < 4.78 is 16.0. The normalized spacial score (nSPS) is 11.4. The summed E-state index contributed by atoms with van der Waals surface area (Å²) in [4.78, 5) is 12.3. The molecule has 2 rings (SSSR count). The Bertz CT molecular complexity index is 895. The van der Waals surface area contributed by atoms with Crippen LogP contribution in [0.5, 0.6) is 17.2 Å². The Morgan fingerprint density at radius 2 is 1.64 bits per heavy atom. The minimum Gasteiger partial charge on any atom is -0.495 e. The van der Waals surface area contributed by atoms with E-state index in [2.05, 4.69) is 10.6 Å². The van der Waals surface area contributed by atoms with Crippen LogP contribution in [0.1, 0.15) is 6.92 Å². The second-order valence-corrected chi connectivity index (χ2v) is 7.12. The first-order valence-electron chi connectivity index (χ1n) is 7.90. The van der Waals surface area contributed by atoms with Crippen LogP contribution >= 0.6 is 47.0 Å². The first kappa shape index (κ1) is 22.4. The second-order valence-electron chi connectivity index (χ2n) is 5.47. The van der Waals surface area contributed by atoms with Gasteiger partial charge in [-0.3, -0.25) is 10.1 Å². The van der Waals surface area contributed by atoms with Crippen LogP contribution in [0.25, 0.3) is 0 Å². The molecule has 0 saturated carbocycles. The van der Waals surface area contributed by atoms with Crippen molar-refractivity contribution < 1.29 is 19.0 Å². The molecule has 2 aromatic carbocycles. The maximum atomic E-state index is 12.3. The maximum Gasteiger partial charge on any atom is 0.266 e.